The predicted octanol–water partition coefficient (Wildman–Crippen LogP) is 5.90. The van der Waals surface area contributed by atoms with Crippen LogP contribution in [0.1, 0.15) is 96.8 Å². The molecule has 0 spiro atoms. The van der Waals surface area contributed by atoms with Crippen molar-refractivity contribution in [1.82, 2.24) is 4.90 Å². The summed E-state index contributed by atoms with van der Waals surface area (Å²) in [7, 11) is -0.297. The molecule has 1 rings (SSSR count). The Labute approximate surface area is 190 Å². The molecule has 3 atom stereocenters. The fourth-order valence-electron chi connectivity index (χ4n) is 3.63. The minimum atomic E-state index is -4.03. The van der Waals surface area contributed by atoms with E-state index in [1.807, 2.05) is 19.0 Å². The van der Waals surface area contributed by atoms with Crippen LogP contribution in [0.5, 0.6) is 0 Å². The monoisotopic (exact) mass is 465 g/mol. The Morgan fingerprint density at radius 2 is 1.45 bits per heavy atom. The molecule has 1 aliphatic rings. The van der Waals surface area contributed by atoms with Crippen LogP contribution in [0.4, 0.5) is 0 Å². The van der Waals surface area contributed by atoms with Crippen molar-refractivity contribution < 1.29 is 28.0 Å². The first-order valence-electron chi connectivity index (χ1n) is 12.5. The lowest BCUT2D eigenvalue weighted by molar-refractivity contribution is -0.0702. The molecule has 31 heavy (non-hydrogen) atoms. The molecule has 0 aromatic heterocycles. The quantitative estimate of drug-likeness (QED) is 0.167. The number of phosphoric acid groups is 1. The highest BCUT2D eigenvalue weighted by molar-refractivity contribution is 7.47. The van der Waals surface area contributed by atoms with Gasteiger partial charge in [-0.2, -0.15) is 0 Å². The Bertz CT molecular complexity index is 465. The van der Waals surface area contributed by atoms with E-state index in [-0.39, 0.29) is 25.6 Å². The van der Waals surface area contributed by atoms with Crippen molar-refractivity contribution in [1.29, 1.82) is 0 Å². The largest absolute Gasteiger partial charge is 0.472 e. The zero-order valence-corrected chi connectivity index (χ0v) is 21.2. The van der Waals surface area contributed by atoms with E-state index in [1.165, 1.54) is 77.0 Å². The molecular formula is C23H48NO6P. The fourth-order valence-corrected chi connectivity index (χ4v) is 4.37. The fraction of sp³-hybridized carbons (Fsp3) is 1.00. The van der Waals surface area contributed by atoms with E-state index in [2.05, 4.69) is 6.92 Å². The van der Waals surface area contributed by atoms with Gasteiger partial charge in [0.05, 0.1) is 19.8 Å². The average Bonchev–Trinajstić information content (AvgIpc) is 3.17. The lowest BCUT2D eigenvalue weighted by Gasteiger charge is -2.16. The lowest BCUT2D eigenvalue weighted by Crippen LogP contribution is -2.20. The number of ether oxygens (including phenoxy) is 2. The minimum absolute atomic E-state index is 0.00481. The van der Waals surface area contributed by atoms with Gasteiger partial charge >= 0.3 is 7.82 Å². The number of hydrogen-bond acceptors (Lipinski definition) is 6. The first-order valence-corrected chi connectivity index (χ1v) is 14.0. The molecule has 0 aromatic carbocycles. The highest BCUT2D eigenvalue weighted by atomic mass is 31.2. The second kappa shape index (κ2) is 18.4. The number of hydrogen-bond donors (Lipinski definition) is 1. The van der Waals surface area contributed by atoms with E-state index in [0.717, 1.165) is 12.8 Å². The summed E-state index contributed by atoms with van der Waals surface area (Å²) in [6.07, 6.45) is 17.7. The molecule has 0 aliphatic carbocycles. The van der Waals surface area contributed by atoms with Gasteiger partial charge < -0.3 is 19.3 Å². The molecule has 1 saturated heterocycles. The maximum absolute atomic E-state index is 11.8. The van der Waals surface area contributed by atoms with Gasteiger partial charge in [-0.3, -0.25) is 9.05 Å². The molecule has 186 valence electrons. The zero-order valence-electron chi connectivity index (χ0n) is 20.3. The summed E-state index contributed by atoms with van der Waals surface area (Å²) in [6.45, 7) is 3.36. The van der Waals surface area contributed by atoms with E-state index >= 15 is 0 Å². The van der Waals surface area contributed by atoms with Gasteiger partial charge in [-0.05, 0) is 26.9 Å². The van der Waals surface area contributed by atoms with Gasteiger partial charge in [0, 0.05) is 6.54 Å². The number of rotatable bonds is 21. The van der Waals surface area contributed by atoms with Crippen LogP contribution in [0, 0.1) is 0 Å². The number of nitrogens with zero attached hydrogens (tertiary/aromatic N) is 1. The zero-order chi connectivity index (χ0) is 22.8. The summed E-state index contributed by atoms with van der Waals surface area (Å²) in [5.74, 6) is 0. The van der Waals surface area contributed by atoms with Crippen molar-refractivity contribution in [3.63, 3.8) is 0 Å². The van der Waals surface area contributed by atoms with E-state index < -0.39 is 7.82 Å². The number of phosphoric ester groups is 1. The molecule has 1 fully saturated rings. The summed E-state index contributed by atoms with van der Waals surface area (Å²) in [6, 6.07) is 0. The third-order valence-electron chi connectivity index (χ3n) is 5.57. The molecule has 1 unspecified atom stereocenters. The molecule has 0 radical (unpaired) electrons. The highest BCUT2D eigenvalue weighted by Crippen LogP contribution is 2.43. The Morgan fingerprint density at radius 3 is 2.00 bits per heavy atom. The van der Waals surface area contributed by atoms with E-state index in [0.29, 0.717) is 13.2 Å². The summed E-state index contributed by atoms with van der Waals surface area (Å²) >= 11 is 0. The summed E-state index contributed by atoms with van der Waals surface area (Å²) in [5, 5.41) is 0. The average molecular weight is 466 g/mol. The topological polar surface area (TPSA) is 77.5 Å². The molecule has 1 N–H and O–H groups in total. The van der Waals surface area contributed by atoms with Crippen LogP contribution in [-0.2, 0) is 23.1 Å². The Balaban J connectivity index is 1.91. The van der Waals surface area contributed by atoms with Gasteiger partial charge in [-0.15, -0.1) is 0 Å². The Morgan fingerprint density at radius 1 is 0.903 bits per heavy atom. The number of unbranched alkanes of at least 4 members (excludes halogenated alkanes) is 12. The smallest absolute Gasteiger partial charge is 0.350 e. The van der Waals surface area contributed by atoms with Gasteiger partial charge in [0.15, 0.2) is 6.29 Å². The molecule has 0 saturated carbocycles. The molecule has 8 heteroatoms. The summed E-state index contributed by atoms with van der Waals surface area (Å²) < 4.78 is 33.2. The minimum Gasteiger partial charge on any atom is -0.350 e. The molecular weight excluding hydrogens is 417 g/mol. The van der Waals surface area contributed by atoms with Crippen molar-refractivity contribution in [2.45, 2.75) is 109 Å². The SMILES string of the molecule is CCCCCCCCCCCCCCC[C@@H]1OC[C@H](COP(=O)(O)OCCN(C)C)O1. The molecule has 0 bridgehead atoms. The van der Waals surface area contributed by atoms with E-state index in [1.54, 1.807) is 0 Å². The first kappa shape index (κ1) is 29.0. The third-order valence-corrected chi connectivity index (χ3v) is 6.56. The van der Waals surface area contributed by atoms with Crippen molar-refractivity contribution in [3.8, 4) is 0 Å². The number of likely N-dealkylation sites (N-methyl/N-ethyl adjacent to an activating group) is 1. The normalized spacial score (nSPS) is 21.1. The summed E-state index contributed by atoms with van der Waals surface area (Å²) in [5.41, 5.74) is 0. The van der Waals surface area contributed by atoms with Crippen LogP contribution in [-0.4, -0.2) is 62.6 Å². The van der Waals surface area contributed by atoms with E-state index in [4.69, 9.17) is 18.5 Å². The van der Waals surface area contributed by atoms with Crippen LogP contribution < -0.4 is 0 Å². The lowest BCUT2D eigenvalue weighted by atomic mass is 10.0. The van der Waals surface area contributed by atoms with Gasteiger partial charge in [-0.1, -0.05) is 84.0 Å². The maximum Gasteiger partial charge on any atom is 0.472 e. The second-order valence-corrected chi connectivity index (χ2v) is 10.4. The van der Waals surface area contributed by atoms with Crippen LogP contribution >= 0.6 is 7.82 Å². The predicted molar refractivity (Wildman–Crippen MR) is 125 cm³/mol. The highest BCUT2D eigenvalue weighted by Gasteiger charge is 2.29. The molecule has 1 heterocycles. The maximum atomic E-state index is 11.8. The molecule has 0 amide bonds. The molecule has 0 aromatic rings. The van der Waals surface area contributed by atoms with Crippen LogP contribution in [0.15, 0.2) is 0 Å². The van der Waals surface area contributed by atoms with Crippen LogP contribution in [0.25, 0.3) is 0 Å². The van der Waals surface area contributed by atoms with Gasteiger partial charge in [0.1, 0.15) is 6.10 Å². The molecule has 7 nitrogen and oxygen atoms in total. The third kappa shape index (κ3) is 17.2. The van der Waals surface area contributed by atoms with E-state index in [9.17, 15) is 9.46 Å². The van der Waals surface area contributed by atoms with Crippen molar-refractivity contribution in [2.24, 2.45) is 0 Å². The standard InChI is InChI=1S/C23H48NO6P/c1-4-5-6-7-8-9-10-11-12-13-14-15-16-17-23-27-20-22(30-23)21-29-31(25,26)28-19-18-24(2)3/h22-23H,4-21H2,1-3H3,(H,25,26)/t22-,23-/m1/s1. The Kier molecular flexibility index (Phi) is 17.2. The molecule has 1 aliphatic heterocycles. The van der Waals surface area contributed by atoms with Crippen molar-refractivity contribution in [2.75, 3.05) is 40.5 Å². The van der Waals surface area contributed by atoms with Crippen molar-refractivity contribution >= 4 is 7.82 Å². The van der Waals surface area contributed by atoms with Gasteiger partial charge in [0.25, 0.3) is 0 Å². The second-order valence-electron chi connectivity index (χ2n) is 8.95. The van der Waals surface area contributed by atoms with Crippen LogP contribution in [0.3, 0.4) is 0 Å². The van der Waals surface area contributed by atoms with Crippen molar-refractivity contribution in [3.05, 3.63) is 0 Å². The summed E-state index contributed by atoms with van der Waals surface area (Å²) in [4.78, 5) is 11.6. The van der Waals surface area contributed by atoms with Gasteiger partial charge in [0.2, 0.25) is 0 Å². The van der Waals surface area contributed by atoms with Gasteiger partial charge in [-0.25, -0.2) is 4.57 Å². The Hall–Kier alpha value is -0.0100. The van der Waals surface area contributed by atoms with Crippen LogP contribution in [0.2, 0.25) is 0 Å². The first-order chi connectivity index (χ1) is 14.9.